The molecule has 1 nitrogen and oxygen atoms in total. The highest BCUT2D eigenvalue weighted by atomic mass is 79.9. The normalized spacial score (nSPS) is 39.6. The van der Waals surface area contributed by atoms with Gasteiger partial charge in [0.15, 0.2) is 0 Å². The Morgan fingerprint density at radius 2 is 1.82 bits per heavy atom. The monoisotopic (exact) mass is 282 g/mol. The third-order valence-corrected chi connectivity index (χ3v) is 5.25. The van der Waals surface area contributed by atoms with Crippen LogP contribution in [-0.4, -0.2) is 15.9 Å². The number of aldehydes is 1. The molecule has 0 bridgehead atoms. The average molecular weight is 284 g/mol. The molecule has 1 saturated carbocycles. The largest absolute Gasteiger partial charge is 0.303 e. The molecule has 1 fully saturated rings. The minimum absolute atomic E-state index is 0.210. The first kappa shape index (κ1) is 9.72. The highest BCUT2D eigenvalue weighted by Crippen LogP contribution is 2.31. The molecule has 0 aromatic rings. The standard InChI is InChI=1S/C8H12Br2O/c9-7-4-2-1-3-6(5-11)8(7)10/h5-8H,1-4H2. The van der Waals surface area contributed by atoms with Crippen molar-refractivity contribution in [2.75, 3.05) is 0 Å². The van der Waals surface area contributed by atoms with E-state index >= 15 is 0 Å². The molecule has 0 amide bonds. The van der Waals surface area contributed by atoms with E-state index in [1.54, 1.807) is 0 Å². The van der Waals surface area contributed by atoms with Crippen LogP contribution in [0.5, 0.6) is 0 Å². The van der Waals surface area contributed by atoms with Gasteiger partial charge in [0.25, 0.3) is 0 Å². The Morgan fingerprint density at radius 3 is 2.45 bits per heavy atom. The van der Waals surface area contributed by atoms with Gasteiger partial charge in [-0.15, -0.1) is 0 Å². The summed E-state index contributed by atoms with van der Waals surface area (Å²) in [6.45, 7) is 0. The van der Waals surface area contributed by atoms with Crippen LogP contribution >= 0.6 is 31.9 Å². The molecule has 3 atom stereocenters. The Kier molecular flexibility index (Phi) is 4.07. The van der Waals surface area contributed by atoms with Gasteiger partial charge in [-0.3, -0.25) is 0 Å². The molecule has 1 aliphatic carbocycles. The summed E-state index contributed by atoms with van der Waals surface area (Å²) in [6.07, 6.45) is 5.73. The Balaban J connectivity index is 2.56. The van der Waals surface area contributed by atoms with Crippen molar-refractivity contribution in [3.63, 3.8) is 0 Å². The molecule has 64 valence electrons. The Bertz CT molecular complexity index is 138. The van der Waals surface area contributed by atoms with Gasteiger partial charge in [0.05, 0.1) is 0 Å². The second-order valence-corrected chi connectivity index (χ2v) is 5.28. The first-order valence-electron chi connectivity index (χ1n) is 3.99. The first-order valence-corrected chi connectivity index (χ1v) is 5.82. The van der Waals surface area contributed by atoms with Crippen LogP contribution in [0.15, 0.2) is 0 Å². The molecule has 0 aliphatic heterocycles. The summed E-state index contributed by atoms with van der Waals surface area (Å²) in [4.78, 5) is 11.4. The molecule has 3 heteroatoms. The van der Waals surface area contributed by atoms with Gasteiger partial charge in [0.2, 0.25) is 0 Å². The van der Waals surface area contributed by atoms with Crippen molar-refractivity contribution >= 4 is 38.1 Å². The van der Waals surface area contributed by atoms with E-state index in [1.807, 2.05) is 0 Å². The highest BCUT2D eigenvalue weighted by Gasteiger charge is 2.27. The summed E-state index contributed by atoms with van der Waals surface area (Å²) in [5.74, 6) is 0.210. The number of halogens is 2. The van der Waals surface area contributed by atoms with Crippen molar-refractivity contribution in [2.45, 2.75) is 35.3 Å². The van der Waals surface area contributed by atoms with Crippen molar-refractivity contribution in [3.8, 4) is 0 Å². The molecule has 1 aliphatic rings. The van der Waals surface area contributed by atoms with E-state index in [-0.39, 0.29) is 5.92 Å². The SMILES string of the molecule is O=CC1CCCCC(Br)C1Br. The summed E-state index contributed by atoms with van der Waals surface area (Å²) in [6, 6.07) is 0. The second kappa shape index (κ2) is 4.61. The van der Waals surface area contributed by atoms with Crippen LogP contribution in [0.2, 0.25) is 0 Å². The highest BCUT2D eigenvalue weighted by molar-refractivity contribution is 9.12. The zero-order valence-electron chi connectivity index (χ0n) is 6.30. The average Bonchev–Trinajstić information content (AvgIpc) is 2.16. The van der Waals surface area contributed by atoms with E-state index in [4.69, 9.17) is 0 Å². The Labute approximate surface area is 84.2 Å². The van der Waals surface area contributed by atoms with Gasteiger partial charge in [-0.2, -0.15) is 0 Å². The molecule has 0 N–H and O–H groups in total. The van der Waals surface area contributed by atoms with Crippen molar-refractivity contribution in [2.24, 2.45) is 5.92 Å². The van der Waals surface area contributed by atoms with Gasteiger partial charge in [-0.25, -0.2) is 0 Å². The van der Waals surface area contributed by atoms with Crippen LogP contribution in [0.1, 0.15) is 25.7 Å². The van der Waals surface area contributed by atoms with E-state index in [2.05, 4.69) is 31.9 Å². The smallest absolute Gasteiger partial charge is 0.124 e. The number of hydrogen-bond donors (Lipinski definition) is 0. The third-order valence-electron chi connectivity index (χ3n) is 2.20. The predicted molar refractivity (Wildman–Crippen MR) is 53.5 cm³/mol. The van der Waals surface area contributed by atoms with Crippen LogP contribution in [0.4, 0.5) is 0 Å². The zero-order chi connectivity index (χ0) is 8.27. The number of carbonyl (C=O) groups is 1. The predicted octanol–water partition coefficient (Wildman–Crippen LogP) is 2.90. The fourth-order valence-electron chi connectivity index (χ4n) is 1.45. The molecular formula is C8H12Br2O. The van der Waals surface area contributed by atoms with E-state index < -0.39 is 0 Å². The summed E-state index contributed by atoms with van der Waals surface area (Å²) in [5.41, 5.74) is 0. The van der Waals surface area contributed by atoms with E-state index in [9.17, 15) is 4.79 Å². The molecule has 0 heterocycles. The Hall–Kier alpha value is 0.630. The fourth-order valence-corrected chi connectivity index (χ4v) is 2.82. The lowest BCUT2D eigenvalue weighted by molar-refractivity contribution is -0.111. The van der Waals surface area contributed by atoms with Gasteiger partial charge in [-0.1, -0.05) is 44.7 Å². The Morgan fingerprint density at radius 1 is 1.18 bits per heavy atom. The zero-order valence-corrected chi connectivity index (χ0v) is 9.47. The van der Waals surface area contributed by atoms with Crippen molar-refractivity contribution < 1.29 is 4.79 Å². The topological polar surface area (TPSA) is 17.1 Å². The maximum atomic E-state index is 10.6. The number of alkyl halides is 2. The number of carbonyl (C=O) groups excluding carboxylic acids is 1. The lowest BCUT2D eigenvalue weighted by Gasteiger charge is -2.17. The second-order valence-electron chi connectivity index (χ2n) is 3.04. The molecule has 1 rings (SSSR count). The van der Waals surface area contributed by atoms with Gasteiger partial charge in [0, 0.05) is 15.6 Å². The quantitative estimate of drug-likeness (QED) is 0.411. The maximum absolute atomic E-state index is 10.6. The summed E-state index contributed by atoms with van der Waals surface area (Å²) in [7, 11) is 0. The van der Waals surface area contributed by atoms with Crippen LogP contribution in [-0.2, 0) is 4.79 Å². The lowest BCUT2D eigenvalue weighted by atomic mass is 10.0. The van der Waals surface area contributed by atoms with E-state index in [0.29, 0.717) is 9.65 Å². The van der Waals surface area contributed by atoms with E-state index in [1.165, 1.54) is 19.3 Å². The van der Waals surface area contributed by atoms with Gasteiger partial charge < -0.3 is 4.79 Å². The molecule has 0 spiro atoms. The summed E-state index contributed by atoms with van der Waals surface area (Å²) < 4.78 is 0. The van der Waals surface area contributed by atoms with Gasteiger partial charge in [-0.05, 0) is 12.8 Å². The molecule has 0 aromatic heterocycles. The molecule has 0 radical (unpaired) electrons. The molecular weight excluding hydrogens is 272 g/mol. The maximum Gasteiger partial charge on any atom is 0.124 e. The van der Waals surface area contributed by atoms with E-state index in [0.717, 1.165) is 12.7 Å². The first-order chi connectivity index (χ1) is 5.25. The molecule has 0 saturated heterocycles. The fraction of sp³-hybridized carbons (Fsp3) is 0.875. The minimum atomic E-state index is 0.210. The number of rotatable bonds is 1. The summed E-state index contributed by atoms with van der Waals surface area (Å²) in [5, 5.41) is 0. The van der Waals surface area contributed by atoms with Crippen molar-refractivity contribution in [1.82, 2.24) is 0 Å². The minimum Gasteiger partial charge on any atom is -0.303 e. The van der Waals surface area contributed by atoms with Crippen LogP contribution < -0.4 is 0 Å². The van der Waals surface area contributed by atoms with Gasteiger partial charge in [0.1, 0.15) is 6.29 Å². The van der Waals surface area contributed by atoms with Crippen LogP contribution in [0, 0.1) is 5.92 Å². The molecule has 11 heavy (non-hydrogen) atoms. The third kappa shape index (κ3) is 2.55. The van der Waals surface area contributed by atoms with Crippen LogP contribution in [0.25, 0.3) is 0 Å². The molecule has 0 aromatic carbocycles. The molecule has 3 unspecified atom stereocenters. The lowest BCUT2D eigenvalue weighted by Crippen LogP contribution is -2.22. The van der Waals surface area contributed by atoms with Gasteiger partial charge >= 0.3 is 0 Å². The summed E-state index contributed by atoms with van der Waals surface area (Å²) >= 11 is 7.13. The number of hydrogen-bond acceptors (Lipinski definition) is 1. The van der Waals surface area contributed by atoms with Crippen molar-refractivity contribution in [3.05, 3.63) is 0 Å². The van der Waals surface area contributed by atoms with Crippen molar-refractivity contribution in [1.29, 1.82) is 0 Å². The van der Waals surface area contributed by atoms with Crippen LogP contribution in [0.3, 0.4) is 0 Å².